The van der Waals surface area contributed by atoms with Crippen LogP contribution in [0.3, 0.4) is 0 Å². The Morgan fingerprint density at radius 3 is 2.53 bits per heavy atom. The molecule has 1 aromatic rings. The number of ketones is 2. The van der Waals surface area contributed by atoms with Gasteiger partial charge in [-0.3, -0.25) is 9.59 Å². The molecule has 5 atom stereocenters. The van der Waals surface area contributed by atoms with Crippen molar-refractivity contribution in [2.45, 2.75) is 57.8 Å². The molecule has 4 aliphatic rings. The molecule has 0 aliphatic heterocycles. The van der Waals surface area contributed by atoms with Gasteiger partial charge in [0.1, 0.15) is 5.78 Å². The maximum Gasteiger partial charge on any atom is 0.156 e. The maximum absolute atomic E-state index is 12.9. The number of rotatable bonds is 4. The van der Waals surface area contributed by atoms with Gasteiger partial charge in [-0.25, -0.2) is 0 Å². The predicted molar refractivity (Wildman–Crippen MR) is 133 cm³/mol. The third-order valence-corrected chi connectivity index (χ3v) is 9.40. The van der Waals surface area contributed by atoms with Gasteiger partial charge in [-0.1, -0.05) is 24.6 Å². The number of fused-ring (bicyclic) bond motifs is 4. The van der Waals surface area contributed by atoms with E-state index < -0.39 is 0 Å². The first kappa shape index (κ1) is 22.0. The van der Waals surface area contributed by atoms with Crippen LogP contribution in [0.2, 0.25) is 0 Å². The SMILES string of the molecule is CN(C)c1ccc(C2CC3(C)C(C(=O)CS)CCC3C3CCC4=CC(=O)CCC4=C23)cc1. The molecule has 0 spiro atoms. The molecule has 0 N–H and O–H groups in total. The predicted octanol–water partition coefficient (Wildman–Crippen LogP) is 5.77. The van der Waals surface area contributed by atoms with Gasteiger partial charge in [-0.2, -0.15) is 12.6 Å². The molecule has 2 fully saturated rings. The summed E-state index contributed by atoms with van der Waals surface area (Å²) < 4.78 is 0. The molecule has 0 heterocycles. The van der Waals surface area contributed by atoms with Gasteiger partial charge >= 0.3 is 0 Å². The van der Waals surface area contributed by atoms with E-state index in [2.05, 4.69) is 62.8 Å². The molecule has 5 rings (SSSR count). The smallest absolute Gasteiger partial charge is 0.156 e. The van der Waals surface area contributed by atoms with Crippen molar-refractivity contribution in [1.29, 1.82) is 0 Å². The van der Waals surface area contributed by atoms with E-state index in [1.807, 2.05) is 6.08 Å². The first-order valence-electron chi connectivity index (χ1n) is 12.2. The largest absolute Gasteiger partial charge is 0.378 e. The summed E-state index contributed by atoms with van der Waals surface area (Å²) in [7, 11) is 4.15. The van der Waals surface area contributed by atoms with Crippen LogP contribution < -0.4 is 4.90 Å². The van der Waals surface area contributed by atoms with Crippen LogP contribution in [0.15, 0.2) is 47.1 Å². The molecule has 1 aromatic carbocycles. The molecule has 4 aliphatic carbocycles. The Labute approximate surface area is 197 Å². The summed E-state index contributed by atoms with van der Waals surface area (Å²) in [5.41, 5.74) is 6.99. The van der Waals surface area contributed by atoms with E-state index in [1.54, 1.807) is 5.57 Å². The highest BCUT2D eigenvalue weighted by Crippen LogP contribution is 2.65. The summed E-state index contributed by atoms with van der Waals surface area (Å²) in [4.78, 5) is 27.2. The Hall–Kier alpha value is -1.81. The summed E-state index contributed by atoms with van der Waals surface area (Å²) in [6.07, 6.45) is 8.78. The zero-order valence-corrected chi connectivity index (χ0v) is 20.5. The number of carbonyl (C=O) groups is 2. The minimum absolute atomic E-state index is 0.0329. The Bertz CT molecular complexity index is 1000. The number of thiol groups is 1. The van der Waals surface area contributed by atoms with Crippen LogP contribution in [-0.2, 0) is 9.59 Å². The van der Waals surface area contributed by atoms with E-state index in [4.69, 9.17) is 0 Å². The molecule has 2 saturated carbocycles. The summed E-state index contributed by atoms with van der Waals surface area (Å²) in [6, 6.07) is 9.03. The first-order chi connectivity index (χ1) is 15.3. The minimum atomic E-state index is 0.0329. The van der Waals surface area contributed by atoms with Gasteiger partial charge in [0.25, 0.3) is 0 Å². The topological polar surface area (TPSA) is 37.4 Å². The Morgan fingerprint density at radius 1 is 1.09 bits per heavy atom. The number of hydrogen-bond acceptors (Lipinski definition) is 4. The molecule has 5 unspecified atom stereocenters. The first-order valence-corrected chi connectivity index (χ1v) is 12.8. The maximum atomic E-state index is 12.9. The van der Waals surface area contributed by atoms with Crippen LogP contribution in [0.4, 0.5) is 5.69 Å². The van der Waals surface area contributed by atoms with E-state index >= 15 is 0 Å². The quantitative estimate of drug-likeness (QED) is 0.593. The van der Waals surface area contributed by atoms with E-state index in [1.165, 1.54) is 22.4 Å². The molecule has 0 aromatic heterocycles. The van der Waals surface area contributed by atoms with Crippen molar-refractivity contribution < 1.29 is 9.59 Å². The van der Waals surface area contributed by atoms with Crippen LogP contribution in [0.1, 0.15) is 63.4 Å². The highest BCUT2D eigenvalue weighted by molar-refractivity contribution is 7.81. The number of anilines is 1. The van der Waals surface area contributed by atoms with E-state index in [-0.39, 0.29) is 17.1 Å². The van der Waals surface area contributed by atoms with Crippen molar-refractivity contribution >= 4 is 29.9 Å². The fourth-order valence-electron chi connectivity index (χ4n) is 7.60. The number of benzene rings is 1. The summed E-state index contributed by atoms with van der Waals surface area (Å²) in [5.74, 6) is 2.53. The van der Waals surface area contributed by atoms with Gasteiger partial charge in [0.2, 0.25) is 0 Å². The molecule has 3 nitrogen and oxygen atoms in total. The highest BCUT2D eigenvalue weighted by atomic mass is 32.1. The summed E-state index contributed by atoms with van der Waals surface area (Å²) in [5, 5.41) is 0. The van der Waals surface area contributed by atoms with Crippen molar-refractivity contribution in [3.8, 4) is 0 Å². The third-order valence-electron chi connectivity index (χ3n) is 9.09. The van der Waals surface area contributed by atoms with Gasteiger partial charge < -0.3 is 4.90 Å². The summed E-state index contributed by atoms with van der Waals surface area (Å²) >= 11 is 4.37. The fourth-order valence-corrected chi connectivity index (χ4v) is 7.82. The number of carbonyl (C=O) groups excluding carboxylic acids is 2. The van der Waals surface area contributed by atoms with E-state index in [9.17, 15) is 9.59 Å². The number of allylic oxidation sites excluding steroid dienone is 4. The summed E-state index contributed by atoms with van der Waals surface area (Å²) in [6.45, 7) is 2.40. The lowest BCUT2D eigenvalue weighted by molar-refractivity contribution is -0.124. The highest BCUT2D eigenvalue weighted by Gasteiger charge is 2.57. The van der Waals surface area contributed by atoms with Crippen LogP contribution in [0.5, 0.6) is 0 Å². The second-order valence-corrected chi connectivity index (χ2v) is 11.1. The standard InChI is InChI=1S/C28H35NO2S/c1-28-15-23(17-4-7-19(8-5-17)29(2)3)27-21-11-9-20(30)14-18(21)6-10-22(27)24(28)12-13-25(28)26(31)16-32/h4-5,7-8,14,22-25,32H,6,9-13,15-16H2,1-3H3. The molecular formula is C28H35NO2S. The van der Waals surface area contributed by atoms with Crippen molar-refractivity contribution in [2.24, 2.45) is 23.2 Å². The average molecular weight is 450 g/mol. The zero-order chi connectivity index (χ0) is 22.6. The van der Waals surface area contributed by atoms with Gasteiger partial charge in [0.05, 0.1) is 0 Å². The zero-order valence-electron chi connectivity index (χ0n) is 19.6. The molecule has 0 saturated heterocycles. The lowest BCUT2D eigenvalue weighted by Crippen LogP contribution is -2.45. The van der Waals surface area contributed by atoms with Gasteiger partial charge in [-0.15, -0.1) is 0 Å². The van der Waals surface area contributed by atoms with Gasteiger partial charge in [0, 0.05) is 43.8 Å². The lowest BCUT2D eigenvalue weighted by Gasteiger charge is -2.52. The Kier molecular flexibility index (Phi) is 5.64. The molecular weight excluding hydrogens is 414 g/mol. The second-order valence-electron chi connectivity index (χ2n) is 10.8. The van der Waals surface area contributed by atoms with E-state index in [0.29, 0.717) is 35.7 Å². The van der Waals surface area contributed by atoms with Crippen molar-refractivity contribution in [3.05, 3.63) is 52.6 Å². The van der Waals surface area contributed by atoms with Crippen molar-refractivity contribution in [1.82, 2.24) is 0 Å². The van der Waals surface area contributed by atoms with Crippen LogP contribution in [-0.4, -0.2) is 31.4 Å². The Morgan fingerprint density at radius 2 is 1.84 bits per heavy atom. The Balaban J connectivity index is 1.64. The number of hydrogen-bond donors (Lipinski definition) is 1. The molecule has 0 amide bonds. The molecule has 0 bridgehead atoms. The third kappa shape index (κ3) is 3.41. The number of Topliss-reactive ketones (excluding diaryl/α,β-unsaturated/α-hetero) is 1. The van der Waals surface area contributed by atoms with Crippen LogP contribution >= 0.6 is 12.6 Å². The second kappa shape index (κ2) is 8.20. The van der Waals surface area contributed by atoms with E-state index in [0.717, 1.165) is 38.5 Å². The van der Waals surface area contributed by atoms with Crippen LogP contribution in [0.25, 0.3) is 0 Å². The van der Waals surface area contributed by atoms with Gasteiger partial charge in [0.15, 0.2) is 5.78 Å². The monoisotopic (exact) mass is 449 g/mol. The average Bonchev–Trinajstić information content (AvgIpc) is 3.14. The van der Waals surface area contributed by atoms with Gasteiger partial charge in [-0.05, 0) is 90.7 Å². The minimum Gasteiger partial charge on any atom is -0.378 e. The molecule has 4 heteroatoms. The van der Waals surface area contributed by atoms with Crippen molar-refractivity contribution in [3.63, 3.8) is 0 Å². The number of nitrogens with zero attached hydrogens (tertiary/aromatic N) is 1. The van der Waals surface area contributed by atoms with Crippen molar-refractivity contribution in [2.75, 3.05) is 24.7 Å². The molecule has 32 heavy (non-hydrogen) atoms. The molecule has 170 valence electrons. The fraction of sp³-hybridized carbons (Fsp3) is 0.571. The normalized spacial score (nSPS) is 33.9. The molecule has 0 radical (unpaired) electrons. The lowest BCUT2D eigenvalue weighted by atomic mass is 9.51. The van der Waals surface area contributed by atoms with Crippen LogP contribution in [0, 0.1) is 23.2 Å².